The van der Waals surface area contributed by atoms with Gasteiger partial charge in [-0.2, -0.15) is 0 Å². The van der Waals surface area contributed by atoms with Gasteiger partial charge in [-0.15, -0.1) is 0 Å². The highest BCUT2D eigenvalue weighted by molar-refractivity contribution is 6.14. The van der Waals surface area contributed by atoms with Crippen LogP contribution < -0.4 is 5.32 Å². The van der Waals surface area contributed by atoms with E-state index in [1.54, 1.807) is 19.2 Å². The van der Waals surface area contributed by atoms with Gasteiger partial charge in [-0.3, -0.25) is 9.78 Å². The number of aliphatic hydroxyl groups is 2. The molecule has 3 N–H and O–H groups in total. The van der Waals surface area contributed by atoms with Crippen LogP contribution in [-0.2, 0) is 5.54 Å². The minimum atomic E-state index is -0.957. The second-order valence-corrected chi connectivity index (χ2v) is 9.56. The summed E-state index contributed by atoms with van der Waals surface area (Å²) < 4.78 is 2.10. The molecule has 0 aliphatic heterocycles. The summed E-state index contributed by atoms with van der Waals surface area (Å²) in [4.78, 5) is 20.9. The highest BCUT2D eigenvalue weighted by Crippen LogP contribution is 2.34. The van der Waals surface area contributed by atoms with Gasteiger partial charge in [-0.1, -0.05) is 5.11 Å². The van der Waals surface area contributed by atoms with Crippen LogP contribution in [0, 0.1) is 26.7 Å². The molecule has 0 saturated heterocycles. The second kappa shape index (κ2) is 8.94. The van der Waals surface area contributed by atoms with Crippen molar-refractivity contribution in [3.8, 4) is 0 Å². The molecular weight excluding hydrogens is 408 g/mol. The van der Waals surface area contributed by atoms with Crippen molar-refractivity contribution in [1.82, 2.24) is 9.55 Å². The summed E-state index contributed by atoms with van der Waals surface area (Å²) in [6.45, 7) is 11.8. The van der Waals surface area contributed by atoms with Crippen LogP contribution in [-0.4, -0.2) is 50.3 Å². The van der Waals surface area contributed by atoms with E-state index >= 15 is 0 Å². The standard InChI is InChI=1S/C23H32N6O3/c1-12-14(3)29(23(4,5)6)10-16(12)22(32)19-13(2)25-8-7-17(19)26-18-9-15(11-30)21(31)20(18)27-28-24/h7-8,10,15,18,20-21,30-31H,9,11H2,1-6H3,(H,25,26)/t15-,18-,20+,21-/m1/s1. The number of azide groups is 1. The zero-order valence-electron chi connectivity index (χ0n) is 19.5. The van der Waals surface area contributed by atoms with Gasteiger partial charge in [0.15, 0.2) is 5.78 Å². The number of anilines is 1. The molecule has 0 spiro atoms. The van der Waals surface area contributed by atoms with Crippen LogP contribution in [0.4, 0.5) is 5.69 Å². The lowest BCUT2D eigenvalue weighted by Crippen LogP contribution is -2.34. The maximum Gasteiger partial charge on any atom is 0.198 e. The monoisotopic (exact) mass is 440 g/mol. The van der Waals surface area contributed by atoms with Crippen LogP contribution in [0.15, 0.2) is 23.6 Å². The number of rotatable bonds is 6. The molecule has 0 aromatic carbocycles. The molecule has 172 valence electrons. The molecule has 2 aromatic rings. The zero-order valence-corrected chi connectivity index (χ0v) is 19.5. The molecule has 0 unspecified atom stereocenters. The van der Waals surface area contributed by atoms with Gasteiger partial charge in [0, 0.05) is 58.4 Å². The highest BCUT2D eigenvalue weighted by atomic mass is 16.3. The predicted octanol–water partition coefficient (Wildman–Crippen LogP) is 3.63. The highest BCUT2D eigenvalue weighted by Gasteiger charge is 2.42. The predicted molar refractivity (Wildman–Crippen MR) is 123 cm³/mol. The molecule has 32 heavy (non-hydrogen) atoms. The summed E-state index contributed by atoms with van der Waals surface area (Å²) in [6, 6.07) is 0.544. The Morgan fingerprint density at radius 3 is 2.62 bits per heavy atom. The van der Waals surface area contributed by atoms with Crippen molar-refractivity contribution in [1.29, 1.82) is 0 Å². The lowest BCUT2D eigenvalue weighted by atomic mass is 9.98. The van der Waals surface area contributed by atoms with Gasteiger partial charge in [0.25, 0.3) is 0 Å². The van der Waals surface area contributed by atoms with Crippen molar-refractivity contribution in [2.24, 2.45) is 11.0 Å². The normalized spacial score (nSPS) is 23.1. The molecule has 1 aliphatic carbocycles. The third-order valence-corrected chi connectivity index (χ3v) is 6.46. The minimum Gasteiger partial charge on any atom is -0.396 e. The van der Waals surface area contributed by atoms with Crippen LogP contribution in [0.1, 0.15) is 60.1 Å². The number of carbonyl (C=O) groups is 1. The van der Waals surface area contributed by atoms with E-state index < -0.39 is 24.1 Å². The maximum atomic E-state index is 13.7. The average Bonchev–Trinajstić information content (AvgIpc) is 3.19. The number of aromatic nitrogens is 2. The number of hydrogen-bond donors (Lipinski definition) is 3. The number of nitrogens with zero attached hydrogens (tertiary/aromatic N) is 5. The molecule has 9 nitrogen and oxygen atoms in total. The summed E-state index contributed by atoms with van der Waals surface area (Å²) in [5.74, 6) is -0.546. The SMILES string of the molecule is Cc1nccc(N[C@@H]2C[C@H](CO)[C@@H](O)[C@H]2N=[N+]=[N-])c1C(=O)c1cn(C(C)(C)C)c(C)c1C. The van der Waals surface area contributed by atoms with Gasteiger partial charge in [-0.25, -0.2) is 0 Å². The topological polar surface area (TPSA) is 136 Å². The second-order valence-electron chi connectivity index (χ2n) is 9.56. The quantitative estimate of drug-likeness (QED) is 0.273. The van der Waals surface area contributed by atoms with E-state index in [2.05, 4.69) is 45.7 Å². The summed E-state index contributed by atoms with van der Waals surface area (Å²) in [6.07, 6.45) is 2.97. The van der Waals surface area contributed by atoms with Crippen molar-refractivity contribution < 1.29 is 15.0 Å². The summed E-state index contributed by atoms with van der Waals surface area (Å²) >= 11 is 0. The minimum absolute atomic E-state index is 0.140. The van der Waals surface area contributed by atoms with Crippen molar-refractivity contribution in [2.75, 3.05) is 11.9 Å². The summed E-state index contributed by atoms with van der Waals surface area (Å²) in [5, 5.41) is 27.1. The van der Waals surface area contributed by atoms with E-state index in [1.165, 1.54) is 0 Å². The first-order chi connectivity index (χ1) is 15.0. The Balaban J connectivity index is 2.02. The number of aryl methyl sites for hydroxylation is 1. The molecule has 1 fully saturated rings. The molecule has 9 heteroatoms. The molecule has 0 radical (unpaired) electrons. The summed E-state index contributed by atoms with van der Waals surface area (Å²) in [7, 11) is 0. The van der Waals surface area contributed by atoms with Crippen molar-refractivity contribution in [3.05, 3.63) is 57.0 Å². The Labute approximate surface area is 188 Å². The first kappa shape index (κ1) is 23.8. The van der Waals surface area contributed by atoms with Crippen LogP contribution in [0.5, 0.6) is 0 Å². The number of hydrogen-bond acceptors (Lipinski definition) is 6. The van der Waals surface area contributed by atoms with Crippen molar-refractivity contribution in [2.45, 2.75) is 71.7 Å². The smallest absolute Gasteiger partial charge is 0.198 e. The molecule has 1 aliphatic rings. The van der Waals surface area contributed by atoms with Gasteiger partial charge < -0.3 is 20.1 Å². The largest absolute Gasteiger partial charge is 0.396 e. The third-order valence-electron chi connectivity index (χ3n) is 6.46. The molecule has 3 rings (SSSR count). The number of carbonyl (C=O) groups excluding carboxylic acids is 1. The van der Waals surface area contributed by atoms with E-state index in [0.717, 1.165) is 11.3 Å². The first-order valence-corrected chi connectivity index (χ1v) is 10.8. The number of pyridine rings is 1. The van der Waals surface area contributed by atoms with E-state index in [0.29, 0.717) is 28.9 Å². The van der Waals surface area contributed by atoms with Gasteiger partial charge in [0.05, 0.1) is 23.4 Å². The van der Waals surface area contributed by atoms with Gasteiger partial charge in [0.1, 0.15) is 0 Å². The molecule has 2 aromatic heterocycles. The van der Waals surface area contributed by atoms with Crippen molar-refractivity contribution >= 4 is 11.5 Å². The molecule has 1 saturated carbocycles. The number of aliphatic hydroxyl groups excluding tert-OH is 2. The fourth-order valence-electron chi connectivity index (χ4n) is 4.59. The molecule has 0 bridgehead atoms. The van der Waals surface area contributed by atoms with Gasteiger partial charge >= 0.3 is 0 Å². The van der Waals surface area contributed by atoms with Crippen LogP contribution >= 0.6 is 0 Å². The Morgan fingerprint density at radius 1 is 1.38 bits per heavy atom. The molecule has 0 amide bonds. The van der Waals surface area contributed by atoms with E-state index in [4.69, 9.17) is 5.53 Å². The maximum absolute atomic E-state index is 13.7. The molecular formula is C23H32N6O3. The number of ketones is 1. The Bertz CT molecular complexity index is 1060. The van der Waals surface area contributed by atoms with Crippen LogP contribution in [0.2, 0.25) is 0 Å². The van der Waals surface area contributed by atoms with E-state index in [9.17, 15) is 15.0 Å². The van der Waals surface area contributed by atoms with Crippen molar-refractivity contribution in [3.63, 3.8) is 0 Å². The Morgan fingerprint density at radius 2 is 2.06 bits per heavy atom. The zero-order chi connectivity index (χ0) is 23.8. The van der Waals surface area contributed by atoms with Crippen LogP contribution in [0.3, 0.4) is 0 Å². The lowest BCUT2D eigenvalue weighted by Gasteiger charge is -2.23. The number of nitrogens with one attached hydrogen (secondary N) is 1. The fourth-order valence-corrected chi connectivity index (χ4v) is 4.59. The summed E-state index contributed by atoms with van der Waals surface area (Å²) in [5.41, 5.74) is 12.9. The molecule has 2 heterocycles. The first-order valence-electron chi connectivity index (χ1n) is 10.8. The van der Waals surface area contributed by atoms with Gasteiger partial charge in [0.2, 0.25) is 0 Å². The Hall–Kier alpha value is -2.87. The van der Waals surface area contributed by atoms with Gasteiger partial charge in [-0.05, 0) is 65.1 Å². The molecule has 4 atom stereocenters. The average molecular weight is 441 g/mol. The fraction of sp³-hybridized carbons (Fsp3) is 0.565. The van der Waals surface area contributed by atoms with E-state index in [1.807, 2.05) is 20.0 Å². The lowest BCUT2D eigenvalue weighted by molar-refractivity contribution is 0.0809. The van der Waals surface area contributed by atoms with Crippen LogP contribution in [0.25, 0.3) is 10.4 Å². The third kappa shape index (κ3) is 4.24. The van der Waals surface area contributed by atoms with E-state index in [-0.39, 0.29) is 17.9 Å². The Kier molecular flexibility index (Phi) is 6.64.